The number of rotatable bonds is 3. The fourth-order valence-corrected chi connectivity index (χ4v) is 2.96. The number of aryl methyl sites for hydroxylation is 1. The van der Waals surface area contributed by atoms with E-state index in [-0.39, 0.29) is 11.7 Å². The SMILES string of the molecule is Cc1cc(N2CC(C)OC(C)(C)C2)ccc1CCN. The molecule has 0 aromatic heterocycles. The van der Waals surface area contributed by atoms with Gasteiger partial charge < -0.3 is 15.4 Å². The lowest BCUT2D eigenvalue weighted by molar-refractivity contribution is -0.0749. The second kappa shape index (κ2) is 5.51. The summed E-state index contributed by atoms with van der Waals surface area (Å²) in [5.41, 5.74) is 9.54. The highest BCUT2D eigenvalue weighted by Gasteiger charge is 2.31. The van der Waals surface area contributed by atoms with Crippen LogP contribution in [-0.2, 0) is 11.2 Å². The van der Waals surface area contributed by atoms with Crippen molar-refractivity contribution in [3.8, 4) is 0 Å². The first-order chi connectivity index (χ1) is 8.91. The molecule has 2 rings (SSSR count). The predicted molar refractivity (Wildman–Crippen MR) is 80.8 cm³/mol. The van der Waals surface area contributed by atoms with Gasteiger partial charge in [-0.25, -0.2) is 0 Å². The minimum Gasteiger partial charge on any atom is -0.369 e. The molecule has 106 valence electrons. The van der Waals surface area contributed by atoms with Crippen LogP contribution in [0.15, 0.2) is 18.2 Å². The molecule has 0 bridgehead atoms. The van der Waals surface area contributed by atoms with Crippen LogP contribution in [-0.4, -0.2) is 31.3 Å². The van der Waals surface area contributed by atoms with Gasteiger partial charge in [-0.05, 0) is 63.9 Å². The van der Waals surface area contributed by atoms with Crippen LogP contribution in [0, 0.1) is 6.92 Å². The average molecular weight is 262 g/mol. The van der Waals surface area contributed by atoms with Gasteiger partial charge in [0.1, 0.15) is 0 Å². The van der Waals surface area contributed by atoms with Gasteiger partial charge in [0.2, 0.25) is 0 Å². The summed E-state index contributed by atoms with van der Waals surface area (Å²) in [6.45, 7) is 11.2. The zero-order valence-corrected chi connectivity index (χ0v) is 12.6. The normalized spacial score (nSPS) is 22.6. The number of benzene rings is 1. The van der Waals surface area contributed by atoms with E-state index in [0.29, 0.717) is 6.54 Å². The number of nitrogens with two attached hydrogens (primary N) is 1. The van der Waals surface area contributed by atoms with Gasteiger partial charge in [0, 0.05) is 18.8 Å². The maximum Gasteiger partial charge on any atom is 0.0805 e. The first-order valence-corrected chi connectivity index (χ1v) is 7.13. The van der Waals surface area contributed by atoms with Crippen LogP contribution in [0.4, 0.5) is 5.69 Å². The van der Waals surface area contributed by atoms with Gasteiger partial charge in [-0.15, -0.1) is 0 Å². The van der Waals surface area contributed by atoms with Crippen molar-refractivity contribution in [3.63, 3.8) is 0 Å². The molecule has 0 aliphatic carbocycles. The maximum atomic E-state index is 5.96. The molecule has 0 radical (unpaired) electrons. The third kappa shape index (κ3) is 3.48. The molecule has 1 aliphatic heterocycles. The summed E-state index contributed by atoms with van der Waals surface area (Å²) in [7, 11) is 0. The summed E-state index contributed by atoms with van der Waals surface area (Å²) in [6.07, 6.45) is 1.23. The molecule has 0 saturated carbocycles. The molecule has 3 nitrogen and oxygen atoms in total. The van der Waals surface area contributed by atoms with E-state index in [1.165, 1.54) is 16.8 Å². The summed E-state index contributed by atoms with van der Waals surface area (Å²) in [5.74, 6) is 0. The van der Waals surface area contributed by atoms with Crippen molar-refractivity contribution in [2.24, 2.45) is 5.73 Å². The monoisotopic (exact) mass is 262 g/mol. The fraction of sp³-hybridized carbons (Fsp3) is 0.625. The number of anilines is 1. The van der Waals surface area contributed by atoms with Crippen molar-refractivity contribution in [1.82, 2.24) is 0 Å². The highest BCUT2D eigenvalue weighted by molar-refractivity contribution is 5.51. The molecule has 2 N–H and O–H groups in total. The lowest BCUT2D eigenvalue weighted by Gasteiger charge is -2.43. The van der Waals surface area contributed by atoms with E-state index in [0.717, 1.165) is 19.5 Å². The average Bonchev–Trinajstić information content (AvgIpc) is 2.29. The molecule has 1 aromatic rings. The summed E-state index contributed by atoms with van der Waals surface area (Å²) in [6, 6.07) is 6.70. The zero-order chi connectivity index (χ0) is 14.0. The molecule has 1 saturated heterocycles. The first-order valence-electron chi connectivity index (χ1n) is 7.13. The van der Waals surface area contributed by atoms with Crippen molar-refractivity contribution in [2.75, 3.05) is 24.5 Å². The predicted octanol–water partition coefficient (Wildman–Crippen LogP) is 2.50. The minimum absolute atomic E-state index is 0.0818. The Bertz CT molecular complexity index is 442. The van der Waals surface area contributed by atoms with Crippen LogP contribution < -0.4 is 10.6 Å². The topological polar surface area (TPSA) is 38.5 Å². The lowest BCUT2D eigenvalue weighted by atomic mass is 10.0. The molecule has 3 heteroatoms. The molecule has 1 fully saturated rings. The zero-order valence-electron chi connectivity index (χ0n) is 12.6. The lowest BCUT2D eigenvalue weighted by Crippen LogP contribution is -2.52. The van der Waals surface area contributed by atoms with E-state index < -0.39 is 0 Å². The molecule has 1 heterocycles. The molecule has 1 aliphatic rings. The van der Waals surface area contributed by atoms with Gasteiger partial charge >= 0.3 is 0 Å². The van der Waals surface area contributed by atoms with E-state index in [4.69, 9.17) is 10.5 Å². The number of morpholine rings is 1. The number of ether oxygens (including phenoxy) is 1. The van der Waals surface area contributed by atoms with Gasteiger partial charge in [-0.2, -0.15) is 0 Å². The van der Waals surface area contributed by atoms with Gasteiger partial charge in [0.05, 0.1) is 11.7 Å². The van der Waals surface area contributed by atoms with Crippen molar-refractivity contribution >= 4 is 5.69 Å². The van der Waals surface area contributed by atoms with E-state index in [1.807, 2.05) is 0 Å². The van der Waals surface area contributed by atoms with Crippen LogP contribution in [0.25, 0.3) is 0 Å². The van der Waals surface area contributed by atoms with Gasteiger partial charge in [-0.3, -0.25) is 0 Å². The summed E-state index contributed by atoms with van der Waals surface area (Å²) in [5, 5.41) is 0. The Balaban J connectivity index is 2.19. The Morgan fingerprint density at radius 1 is 1.42 bits per heavy atom. The minimum atomic E-state index is -0.0818. The summed E-state index contributed by atoms with van der Waals surface area (Å²) in [4.78, 5) is 2.42. The highest BCUT2D eigenvalue weighted by atomic mass is 16.5. The van der Waals surface area contributed by atoms with E-state index >= 15 is 0 Å². The number of nitrogens with zero attached hydrogens (tertiary/aromatic N) is 1. The smallest absolute Gasteiger partial charge is 0.0805 e. The fourth-order valence-electron chi connectivity index (χ4n) is 2.96. The Morgan fingerprint density at radius 2 is 2.16 bits per heavy atom. The second-order valence-electron chi connectivity index (χ2n) is 6.22. The van der Waals surface area contributed by atoms with Gasteiger partial charge in [0.15, 0.2) is 0 Å². The molecular formula is C16H26N2O. The van der Waals surface area contributed by atoms with E-state index in [9.17, 15) is 0 Å². The van der Waals surface area contributed by atoms with Crippen molar-refractivity contribution < 1.29 is 4.74 Å². The van der Waals surface area contributed by atoms with E-state index in [1.54, 1.807) is 0 Å². The quantitative estimate of drug-likeness (QED) is 0.909. The number of hydrogen-bond donors (Lipinski definition) is 1. The first kappa shape index (κ1) is 14.4. The third-order valence-corrected chi connectivity index (χ3v) is 3.67. The second-order valence-corrected chi connectivity index (χ2v) is 6.22. The Labute approximate surface area is 116 Å². The van der Waals surface area contributed by atoms with Gasteiger partial charge in [-0.1, -0.05) is 6.07 Å². The standard InChI is InChI=1S/C16H26N2O/c1-12-9-15(6-5-14(12)7-8-17)18-10-13(2)19-16(3,4)11-18/h5-6,9,13H,7-8,10-11,17H2,1-4H3. The summed E-state index contributed by atoms with van der Waals surface area (Å²) < 4.78 is 5.96. The van der Waals surface area contributed by atoms with Crippen LogP contribution in [0.5, 0.6) is 0 Å². The van der Waals surface area contributed by atoms with Gasteiger partial charge in [0.25, 0.3) is 0 Å². The molecule has 19 heavy (non-hydrogen) atoms. The highest BCUT2D eigenvalue weighted by Crippen LogP contribution is 2.27. The Hall–Kier alpha value is -1.06. The van der Waals surface area contributed by atoms with Crippen LogP contribution in [0.1, 0.15) is 31.9 Å². The van der Waals surface area contributed by atoms with Crippen LogP contribution in [0.3, 0.4) is 0 Å². The molecule has 1 aromatic carbocycles. The Kier molecular flexibility index (Phi) is 4.16. The summed E-state index contributed by atoms with van der Waals surface area (Å²) >= 11 is 0. The molecule has 0 spiro atoms. The molecule has 1 unspecified atom stereocenters. The van der Waals surface area contributed by atoms with E-state index in [2.05, 4.69) is 50.8 Å². The van der Waals surface area contributed by atoms with Crippen molar-refractivity contribution in [2.45, 2.75) is 45.8 Å². The maximum absolute atomic E-state index is 5.96. The van der Waals surface area contributed by atoms with Crippen molar-refractivity contribution in [3.05, 3.63) is 29.3 Å². The Morgan fingerprint density at radius 3 is 2.74 bits per heavy atom. The molecule has 0 amide bonds. The molecular weight excluding hydrogens is 236 g/mol. The number of hydrogen-bond acceptors (Lipinski definition) is 3. The van der Waals surface area contributed by atoms with Crippen LogP contribution >= 0.6 is 0 Å². The van der Waals surface area contributed by atoms with Crippen molar-refractivity contribution in [1.29, 1.82) is 0 Å². The van der Waals surface area contributed by atoms with Crippen LogP contribution in [0.2, 0.25) is 0 Å². The molecule has 1 atom stereocenters. The third-order valence-electron chi connectivity index (χ3n) is 3.67. The largest absolute Gasteiger partial charge is 0.369 e.